The van der Waals surface area contributed by atoms with Crippen molar-refractivity contribution in [3.8, 4) is 0 Å². The molecule has 3 heterocycles. The zero-order valence-electron chi connectivity index (χ0n) is 19.0. The first-order valence-corrected chi connectivity index (χ1v) is 12.0. The lowest BCUT2D eigenvalue weighted by molar-refractivity contribution is 0.172. The molecule has 2 aliphatic heterocycles. The monoisotopic (exact) mass is 434 g/mol. The summed E-state index contributed by atoms with van der Waals surface area (Å²) in [6.45, 7) is 7.19. The van der Waals surface area contributed by atoms with E-state index in [1.165, 1.54) is 22.2 Å². The largest absolute Gasteiger partial charge is 0.364 e. The molecule has 4 aromatic rings. The zero-order chi connectivity index (χ0) is 22.0. The average molecular weight is 435 g/mol. The quantitative estimate of drug-likeness (QED) is 0.454. The topological polar surface area (TPSA) is 22.6 Å². The molecule has 1 aromatic heterocycles. The van der Waals surface area contributed by atoms with Crippen molar-refractivity contribution in [2.75, 3.05) is 31.1 Å². The van der Waals surface area contributed by atoms with Gasteiger partial charge in [-0.25, -0.2) is 0 Å². The summed E-state index contributed by atoms with van der Waals surface area (Å²) in [5.41, 5.74) is 6.47. The van der Waals surface area contributed by atoms with Crippen LogP contribution in [0.15, 0.2) is 91.0 Å². The van der Waals surface area contributed by atoms with Gasteiger partial charge in [-0.15, -0.1) is 0 Å². The summed E-state index contributed by atoms with van der Waals surface area (Å²) < 4.78 is 0. The van der Waals surface area contributed by atoms with Gasteiger partial charge in [0.2, 0.25) is 0 Å². The Bertz CT molecular complexity index is 1240. The van der Waals surface area contributed by atoms with Gasteiger partial charge in [0.15, 0.2) is 0 Å². The van der Waals surface area contributed by atoms with E-state index in [1.807, 2.05) is 0 Å². The van der Waals surface area contributed by atoms with Crippen LogP contribution in [0.5, 0.6) is 0 Å². The van der Waals surface area contributed by atoms with Crippen LogP contribution in [-0.2, 0) is 19.6 Å². The highest BCUT2D eigenvalue weighted by Crippen LogP contribution is 2.31. The van der Waals surface area contributed by atoms with Crippen molar-refractivity contribution in [3.05, 3.63) is 108 Å². The van der Waals surface area contributed by atoms with E-state index in [0.29, 0.717) is 6.04 Å². The van der Waals surface area contributed by atoms with E-state index >= 15 is 0 Å². The molecule has 0 amide bonds. The first kappa shape index (κ1) is 20.4. The molecule has 1 unspecified atom stereocenters. The standard InChI is InChI=1S/C29H30N4/c1-2-8-23(9-3-1)18-31-16-17-33-27(21-31)22-32(19-25-11-5-7-13-29(25)33)20-26-15-14-24-10-4-6-12-28(24)30-26/h1-15,27H,16-22H2. The van der Waals surface area contributed by atoms with Gasteiger partial charge in [0.25, 0.3) is 0 Å². The molecule has 3 aromatic carbocycles. The molecule has 166 valence electrons. The first-order chi connectivity index (χ1) is 16.3. The van der Waals surface area contributed by atoms with Crippen LogP contribution in [0.2, 0.25) is 0 Å². The summed E-state index contributed by atoms with van der Waals surface area (Å²) in [5.74, 6) is 0. The lowest BCUT2D eigenvalue weighted by Crippen LogP contribution is -2.55. The van der Waals surface area contributed by atoms with Crippen LogP contribution in [0.1, 0.15) is 16.8 Å². The molecule has 0 radical (unpaired) electrons. The van der Waals surface area contributed by atoms with Crippen molar-refractivity contribution < 1.29 is 0 Å². The van der Waals surface area contributed by atoms with Gasteiger partial charge in [0, 0.05) is 56.9 Å². The molecule has 2 aliphatic rings. The van der Waals surface area contributed by atoms with Crippen molar-refractivity contribution in [2.24, 2.45) is 0 Å². The third kappa shape index (κ3) is 4.37. The van der Waals surface area contributed by atoms with E-state index in [0.717, 1.165) is 57.0 Å². The van der Waals surface area contributed by atoms with Crippen LogP contribution < -0.4 is 4.90 Å². The molecule has 6 rings (SSSR count). The van der Waals surface area contributed by atoms with Gasteiger partial charge in [-0.3, -0.25) is 14.8 Å². The molecule has 0 aliphatic carbocycles. The molecule has 4 nitrogen and oxygen atoms in total. The molecule has 1 atom stereocenters. The lowest BCUT2D eigenvalue weighted by Gasteiger charge is -2.43. The SMILES string of the molecule is c1ccc(CN2CCN3c4ccccc4CN(Cc4ccc5ccccc5n4)CC3C2)cc1. The van der Waals surface area contributed by atoms with Gasteiger partial charge in [0.05, 0.1) is 17.3 Å². The third-order valence-electron chi connectivity index (χ3n) is 7.02. The second-order valence-electron chi connectivity index (χ2n) is 9.36. The van der Waals surface area contributed by atoms with Gasteiger partial charge in [0.1, 0.15) is 0 Å². The Morgan fingerprint density at radius 1 is 0.697 bits per heavy atom. The highest BCUT2D eigenvalue weighted by molar-refractivity contribution is 5.78. The molecule has 33 heavy (non-hydrogen) atoms. The van der Waals surface area contributed by atoms with E-state index in [4.69, 9.17) is 4.98 Å². The summed E-state index contributed by atoms with van der Waals surface area (Å²) in [6, 6.07) is 33.1. The van der Waals surface area contributed by atoms with Crippen LogP contribution >= 0.6 is 0 Å². The molecular formula is C29H30N4. The van der Waals surface area contributed by atoms with Gasteiger partial charge in [-0.2, -0.15) is 0 Å². The van der Waals surface area contributed by atoms with Gasteiger partial charge >= 0.3 is 0 Å². The highest BCUT2D eigenvalue weighted by atomic mass is 15.3. The third-order valence-corrected chi connectivity index (χ3v) is 7.02. The lowest BCUT2D eigenvalue weighted by atomic mass is 10.1. The van der Waals surface area contributed by atoms with Crippen molar-refractivity contribution in [1.82, 2.24) is 14.8 Å². The molecule has 4 heteroatoms. The van der Waals surface area contributed by atoms with E-state index < -0.39 is 0 Å². The maximum atomic E-state index is 4.97. The highest BCUT2D eigenvalue weighted by Gasteiger charge is 2.32. The summed E-state index contributed by atoms with van der Waals surface area (Å²) in [5, 5.41) is 1.21. The second-order valence-corrected chi connectivity index (χ2v) is 9.36. The number of aromatic nitrogens is 1. The van der Waals surface area contributed by atoms with Gasteiger partial charge < -0.3 is 4.90 Å². The number of para-hydroxylation sites is 2. The van der Waals surface area contributed by atoms with Crippen molar-refractivity contribution in [1.29, 1.82) is 0 Å². The number of rotatable bonds is 4. The van der Waals surface area contributed by atoms with Gasteiger partial charge in [-0.1, -0.05) is 72.8 Å². The predicted molar refractivity (Wildman–Crippen MR) is 135 cm³/mol. The Kier molecular flexibility index (Phi) is 5.54. The zero-order valence-corrected chi connectivity index (χ0v) is 19.0. The number of anilines is 1. The number of hydrogen-bond donors (Lipinski definition) is 0. The molecule has 0 saturated carbocycles. The Balaban J connectivity index is 1.25. The second kappa shape index (κ2) is 8.97. The molecule has 0 bridgehead atoms. The van der Waals surface area contributed by atoms with E-state index in [1.54, 1.807) is 0 Å². The van der Waals surface area contributed by atoms with Crippen molar-refractivity contribution in [2.45, 2.75) is 25.7 Å². The van der Waals surface area contributed by atoms with Gasteiger partial charge in [-0.05, 0) is 29.3 Å². The summed E-state index contributed by atoms with van der Waals surface area (Å²) in [4.78, 5) is 12.8. The fourth-order valence-electron chi connectivity index (χ4n) is 5.45. The number of benzene rings is 3. The fourth-order valence-corrected chi connectivity index (χ4v) is 5.45. The molecule has 1 saturated heterocycles. The minimum atomic E-state index is 0.478. The first-order valence-electron chi connectivity index (χ1n) is 12.0. The summed E-state index contributed by atoms with van der Waals surface area (Å²) in [6.07, 6.45) is 0. The average Bonchev–Trinajstić information content (AvgIpc) is 3.00. The van der Waals surface area contributed by atoms with E-state index in [2.05, 4.69) is 106 Å². The Hall–Kier alpha value is -3.21. The molecular weight excluding hydrogens is 404 g/mol. The van der Waals surface area contributed by atoms with Crippen molar-refractivity contribution in [3.63, 3.8) is 0 Å². The van der Waals surface area contributed by atoms with Crippen LogP contribution in [-0.4, -0.2) is 47.0 Å². The van der Waals surface area contributed by atoms with E-state index in [9.17, 15) is 0 Å². The maximum Gasteiger partial charge on any atom is 0.0705 e. The van der Waals surface area contributed by atoms with Crippen LogP contribution in [0.4, 0.5) is 5.69 Å². The maximum absolute atomic E-state index is 4.97. The van der Waals surface area contributed by atoms with Crippen LogP contribution in [0.25, 0.3) is 10.9 Å². The van der Waals surface area contributed by atoms with Crippen LogP contribution in [0, 0.1) is 0 Å². The summed E-state index contributed by atoms with van der Waals surface area (Å²) >= 11 is 0. The Morgan fingerprint density at radius 3 is 2.42 bits per heavy atom. The number of hydrogen-bond acceptors (Lipinski definition) is 4. The normalized spacial score (nSPS) is 19.2. The number of nitrogens with zero attached hydrogens (tertiary/aromatic N) is 4. The van der Waals surface area contributed by atoms with Crippen LogP contribution in [0.3, 0.4) is 0 Å². The minimum Gasteiger partial charge on any atom is -0.364 e. The fraction of sp³-hybridized carbons (Fsp3) is 0.276. The van der Waals surface area contributed by atoms with E-state index in [-0.39, 0.29) is 0 Å². The molecule has 0 N–H and O–H groups in total. The Morgan fingerprint density at radius 2 is 1.48 bits per heavy atom. The van der Waals surface area contributed by atoms with Crippen molar-refractivity contribution >= 4 is 16.6 Å². The smallest absolute Gasteiger partial charge is 0.0705 e. The molecule has 1 fully saturated rings. The Labute approximate surface area is 196 Å². The predicted octanol–water partition coefficient (Wildman–Crippen LogP) is 4.94. The number of fused-ring (bicyclic) bond motifs is 4. The number of pyridine rings is 1. The summed E-state index contributed by atoms with van der Waals surface area (Å²) in [7, 11) is 0. The minimum absolute atomic E-state index is 0.478. The number of piperazine rings is 1. The molecule has 0 spiro atoms.